The molecule has 0 spiro atoms. The molecule has 4 heteroatoms. The van der Waals surface area contributed by atoms with Gasteiger partial charge in [0.2, 0.25) is 0 Å². The highest BCUT2D eigenvalue weighted by molar-refractivity contribution is 4.75. The van der Waals surface area contributed by atoms with Crippen molar-refractivity contribution < 1.29 is 15.3 Å². The molecule has 3 atom stereocenters. The SMILES string of the molecule is CCCCCCCCCCCCCCC[C@@H](O)[C@H](CO)NC[C@H](C)O. The van der Waals surface area contributed by atoms with Gasteiger partial charge in [-0.05, 0) is 13.3 Å². The van der Waals surface area contributed by atoms with E-state index >= 15 is 0 Å². The average molecular weight is 360 g/mol. The molecule has 0 rings (SSSR count). The van der Waals surface area contributed by atoms with Crippen LogP contribution in [0.3, 0.4) is 0 Å². The highest BCUT2D eigenvalue weighted by atomic mass is 16.3. The van der Waals surface area contributed by atoms with Gasteiger partial charge in [0, 0.05) is 6.54 Å². The van der Waals surface area contributed by atoms with Crippen LogP contribution in [-0.2, 0) is 0 Å². The zero-order valence-corrected chi connectivity index (χ0v) is 16.9. The topological polar surface area (TPSA) is 72.7 Å². The van der Waals surface area contributed by atoms with Gasteiger partial charge in [0.1, 0.15) is 0 Å². The Bertz CT molecular complexity index is 262. The Morgan fingerprint density at radius 2 is 1.16 bits per heavy atom. The van der Waals surface area contributed by atoms with Crippen molar-refractivity contribution in [3.8, 4) is 0 Å². The van der Waals surface area contributed by atoms with Gasteiger partial charge in [-0.2, -0.15) is 0 Å². The van der Waals surface area contributed by atoms with Crippen LogP contribution in [0.4, 0.5) is 0 Å². The Morgan fingerprint density at radius 3 is 1.56 bits per heavy atom. The fourth-order valence-corrected chi connectivity index (χ4v) is 3.22. The van der Waals surface area contributed by atoms with Gasteiger partial charge in [0.15, 0.2) is 0 Å². The van der Waals surface area contributed by atoms with Crippen LogP contribution in [0.1, 0.15) is 104 Å². The fourth-order valence-electron chi connectivity index (χ4n) is 3.22. The number of hydrogen-bond acceptors (Lipinski definition) is 4. The van der Waals surface area contributed by atoms with Gasteiger partial charge in [-0.15, -0.1) is 0 Å². The number of rotatable bonds is 19. The quantitative estimate of drug-likeness (QED) is 0.261. The van der Waals surface area contributed by atoms with Crippen molar-refractivity contribution in [2.24, 2.45) is 0 Å². The van der Waals surface area contributed by atoms with Gasteiger partial charge in [0.05, 0.1) is 24.9 Å². The number of nitrogens with one attached hydrogen (secondary N) is 1. The third-order valence-corrected chi connectivity index (χ3v) is 4.94. The minimum Gasteiger partial charge on any atom is -0.395 e. The molecule has 0 saturated carbocycles. The van der Waals surface area contributed by atoms with E-state index < -0.39 is 12.2 Å². The summed E-state index contributed by atoms with van der Waals surface area (Å²) < 4.78 is 0. The summed E-state index contributed by atoms with van der Waals surface area (Å²) in [6.45, 7) is 4.27. The van der Waals surface area contributed by atoms with Crippen molar-refractivity contribution in [1.29, 1.82) is 0 Å². The maximum Gasteiger partial charge on any atom is 0.0715 e. The zero-order chi connectivity index (χ0) is 18.8. The van der Waals surface area contributed by atoms with Gasteiger partial charge in [0.25, 0.3) is 0 Å². The maximum absolute atomic E-state index is 10.1. The van der Waals surface area contributed by atoms with Crippen molar-refractivity contribution in [1.82, 2.24) is 5.32 Å². The van der Waals surface area contributed by atoms with E-state index in [9.17, 15) is 15.3 Å². The predicted octanol–water partition coefficient (Wildman–Crippen LogP) is 4.16. The monoisotopic (exact) mass is 359 g/mol. The molecule has 0 bridgehead atoms. The number of aliphatic hydroxyl groups excluding tert-OH is 3. The van der Waals surface area contributed by atoms with Gasteiger partial charge < -0.3 is 20.6 Å². The molecule has 0 aliphatic rings. The average Bonchev–Trinajstić information content (AvgIpc) is 2.59. The van der Waals surface area contributed by atoms with Crippen LogP contribution in [0.15, 0.2) is 0 Å². The van der Waals surface area contributed by atoms with E-state index in [1.165, 1.54) is 70.6 Å². The molecule has 0 aliphatic heterocycles. The Balaban J connectivity index is 3.36. The number of aliphatic hydroxyl groups is 3. The second-order valence-electron chi connectivity index (χ2n) is 7.65. The molecule has 0 heterocycles. The standard InChI is InChI=1S/C21H45NO3/c1-3-4-5-6-7-8-9-10-11-12-13-14-15-16-21(25)20(18-23)22-17-19(2)24/h19-25H,3-18H2,1-2H3/t19-,20-,21+/m0/s1. The highest BCUT2D eigenvalue weighted by Crippen LogP contribution is 2.14. The summed E-state index contributed by atoms with van der Waals surface area (Å²) in [5, 5.41) is 31.7. The Kier molecular flexibility index (Phi) is 18.5. The number of unbranched alkanes of at least 4 members (excludes halogenated alkanes) is 12. The highest BCUT2D eigenvalue weighted by Gasteiger charge is 2.17. The van der Waals surface area contributed by atoms with Crippen LogP contribution < -0.4 is 5.32 Å². The molecule has 0 saturated heterocycles. The summed E-state index contributed by atoms with van der Waals surface area (Å²) in [7, 11) is 0. The molecular weight excluding hydrogens is 314 g/mol. The van der Waals surface area contributed by atoms with Crippen molar-refractivity contribution in [2.45, 2.75) is 122 Å². The molecule has 0 aliphatic carbocycles. The molecule has 0 radical (unpaired) electrons. The smallest absolute Gasteiger partial charge is 0.0715 e. The number of hydrogen-bond donors (Lipinski definition) is 4. The minimum absolute atomic E-state index is 0.0909. The first kappa shape index (κ1) is 24.8. The van der Waals surface area contributed by atoms with Gasteiger partial charge in [-0.25, -0.2) is 0 Å². The summed E-state index contributed by atoms with van der Waals surface area (Å²) >= 11 is 0. The molecule has 0 aromatic rings. The summed E-state index contributed by atoms with van der Waals surface area (Å²) in [4.78, 5) is 0. The molecule has 0 aromatic carbocycles. The second kappa shape index (κ2) is 18.6. The Morgan fingerprint density at radius 1 is 0.720 bits per heavy atom. The molecule has 0 aromatic heterocycles. The van der Waals surface area contributed by atoms with Gasteiger partial charge in [-0.3, -0.25) is 0 Å². The molecule has 4 nitrogen and oxygen atoms in total. The maximum atomic E-state index is 10.1. The minimum atomic E-state index is -0.531. The lowest BCUT2D eigenvalue weighted by Gasteiger charge is -2.23. The zero-order valence-electron chi connectivity index (χ0n) is 16.9. The van der Waals surface area contributed by atoms with Crippen molar-refractivity contribution in [3.63, 3.8) is 0 Å². The van der Waals surface area contributed by atoms with E-state index in [0.717, 1.165) is 19.3 Å². The molecule has 0 amide bonds. The fraction of sp³-hybridized carbons (Fsp3) is 1.00. The molecule has 152 valence electrons. The van der Waals surface area contributed by atoms with E-state index in [1.807, 2.05) is 0 Å². The van der Waals surface area contributed by atoms with Crippen molar-refractivity contribution in [2.75, 3.05) is 13.2 Å². The molecule has 4 N–H and O–H groups in total. The lowest BCUT2D eigenvalue weighted by molar-refractivity contribution is 0.0728. The van der Waals surface area contributed by atoms with Gasteiger partial charge >= 0.3 is 0 Å². The van der Waals surface area contributed by atoms with E-state index in [-0.39, 0.29) is 12.6 Å². The summed E-state index contributed by atoms with van der Waals surface area (Å²) in [5.74, 6) is 0. The van der Waals surface area contributed by atoms with E-state index in [4.69, 9.17) is 0 Å². The Hall–Kier alpha value is -0.160. The van der Waals surface area contributed by atoms with Crippen molar-refractivity contribution >= 4 is 0 Å². The van der Waals surface area contributed by atoms with E-state index in [2.05, 4.69) is 12.2 Å². The van der Waals surface area contributed by atoms with Crippen LogP contribution in [0.5, 0.6) is 0 Å². The predicted molar refractivity (Wildman–Crippen MR) is 107 cm³/mol. The third kappa shape index (κ3) is 17.0. The summed E-state index contributed by atoms with van der Waals surface area (Å²) in [6.07, 6.45) is 16.9. The van der Waals surface area contributed by atoms with Crippen LogP contribution in [0.25, 0.3) is 0 Å². The largest absolute Gasteiger partial charge is 0.395 e. The second-order valence-corrected chi connectivity index (χ2v) is 7.65. The summed E-state index contributed by atoms with van der Waals surface area (Å²) in [6, 6.07) is -0.327. The first-order chi connectivity index (χ1) is 12.1. The third-order valence-electron chi connectivity index (χ3n) is 4.94. The molecule has 0 fully saturated rings. The molecule has 0 unspecified atom stereocenters. The van der Waals surface area contributed by atoms with Crippen LogP contribution >= 0.6 is 0 Å². The van der Waals surface area contributed by atoms with Crippen molar-refractivity contribution in [3.05, 3.63) is 0 Å². The normalized spacial score (nSPS) is 15.2. The van der Waals surface area contributed by atoms with Crippen LogP contribution in [0.2, 0.25) is 0 Å². The lowest BCUT2D eigenvalue weighted by Crippen LogP contribution is -2.45. The first-order valence-electron chi connectivity index (χ1n) is 10.8. The first-order valence-corrected chi connectivity index (χ1v) is 10.8. The van der Waals surface area contributed by atoms with E-state index in [0.29, 0.717) is 6.54 Å². The molecule has 25 heavy (non-hydrogen) atoms. The van der Waals surface area contributed by atoms with E-state index in [1.54, 1.807) is 6.92 Å². The lowest BCUT2D eigenvalue weighted by atomic mass is 10.0. The van der Waals surface area contributed by atoms with Crippen LogP contribution in [-0.4, -0.2) is 46.7 Å². The van der Waals surface area contributed by atoms with Gasteiger partial charge in [-0.1, -0.05) is 90.4 Å². The Labute approximate surface area is 156 Å². The summed E-state index contributed by atoms with van der Waals surface area (Å²) in [5.41, 5.74) is 0. The molecular formula is C21H45NO3. The van der Waals surface area contributed by atoms with Crippen LogP contribution in [0, 0.1) is 0 Å².